The Balaban J connectivity index is 2.48. The quantitative estimate of drug-likeness (QED) is 0.786. The van der Waals surface area contributed by atoms with Gasteiger partial charge >= 0.3 is 6.18 Å². The van der Waals surface area contributed by atoms with E-state index >= 15 is 0 Å². The number of sulfone groups is 1. The summed E-state index contributed by atoms with van der Waals surface area (Å²) in [5.41, 5.74) is 0. The second kappa shape index (κ2) is 6.92. The molecule has 1 saturated heterocycles. The van der Waals surface area contributed by atoms with Crippen LogP contribution < -0.4 is 5.32 Å². The maximum absolute atomic E-state index is 12.1. The summed E-state index contributed by atoms with van der Waals surface area (Å²) >= 11 is 0. The molecule has 2 unspecified atom stereocenters. The zero-order chi connectivity index (χ0) is 14.5. The molecule has 1 heterocycles. The highest BCUT2D eigenvalue weighted by Gasteiger charge is 2.34. The highest BCUT2D eigenvalue weighted by atomic mass is 32.2. The third-order valence-electron chi connectivity index (χ3n) is 3.47. The summed E-state index contributed by atoms with van der Waals surface area (Å²) in [7, 11) is -2.98. The van der Waals surface area contributed by atoms with Gasteiger partial charge in [-0.2, -0.15) is 13.2 Å². The Morgan fingerprint density at radius 3 is 2.53 bits per heavy atom. The Labute approximate surface area is 112 Å². The molecule has 0 aromatic rings. The SMILES string of the molecule is CCCNC(CCCC(F)(F)F)C1CCS(=O)(=O)C1. The van der Waals surface area contributed by atoms with E-state index in [1.165, 1.54) is 0 Å². The summed E-state index contributed by atoms with van der Waals surface area (Å²) in [5, 5.41) is 3.20. The van der Waals surface area contributed by atoms with E-state index in [2.05, 4.69) is 5.32 Å². The van der Waals surface area contributed by atoms with Gasteiger partial charge in [0.05, 0.1) is 11.5 Å². The van der Waals surface area contributed by atoms with Crippen LogP contribution in [0.5, 0.6) is 0 Å². The van der Waals surface area contributed by atoms with Gasteiger partial charge in [-0.25, -0.2) is 8.42 Å². The molecule has 0 aromatic carbocycles. The number of rotatable bonds is 7. The van der Waals surface area contributed by atoms with Crippen molar-refractivity contribution in [1.82, 2.24) is 5.32 Å². The van der Waals surface area contributed by atoms with E-state index in [1.54, 1.807) is 0 Å². The molecule has 0 aliphatic carbocycles. The molecule has 1 rings (SSSR count). The topological polar surface area (TPSA) is 46.2 Å². The minimum atomic E-state index is -4.13. The van der Waals surface area contributed by atoms with Crippen molar-refractivity contribution in [3.8, 4) is 0 Å². The van der Waals surface area contributed by atoms with Gasteiger partial charge in [-0.05, 0) is 38.1 Å². The molecule has 0 bridgehead atoms. The summed E-state index contributed by atoms with van der Waals surface area (Å²) in [6, 6.07) is -0.112. The second-order valence-corrected chi connectivity index (χ2v) is 7.46. The standard InChI is InChI=1S/C12H22F3NO2S/c1-2-7-16-11(4-3-6-12(13,14)15)10-5-8-19(17,18)9-10/h10-11,16H,2-9H2,1H3. The molecule has 1 aliphatic heterocycles. The van der Waals surface area contributed by atoms with Gasteiger partial charge in [-0.3, -0.25) is 0 Å². The van der Waals surface area contributed by atoms with Crippen molar-refractivity contribution >= 4 is 9.84 Å². The first-order valence-electron chi connectivity index (χ1n) is 6.74. The Morgan fingerprint density at radius 1 is 1.37 bits per heavy atom. The lowest BCUT2D eigenvalue weighted by Gasteiger charge is -2.24. The Bertz CT molecular complexity index is 368. The molecule has 1 N–H and O–H groups in total. The van der Waals surface area contributed by atoms with E-state index < -0.39 is 22.4 Å². The lowest BCUT2D eigenvalue weighted by Crippen LogP contribution is -2.37. The van der Waals surface area contributed by atoms with E-state index in [1.807, 2.05) is 6.92 Å². The van der Waals surface area contributed by atoms with Crippen LogP contribution in [0.4, 0.5) is 13.2 Å². The van der Waals surface area contributed by atoms with E-state index in [-0.39, 0.29) is 29.9 Å². The largest absolute Gasteiger partial charge is 0.389 e. The summed E-state index contributed by atoms with van der Waals surface area (Å²) in [4.78, 5) is 0. The van der Waals surface area contributed by atoms with Crippen LogP contribution in [0.1, 0.15) is 39.0 Å². The molecule has 7 heteroatoms. The predicted molar refractivity (Wildman–Crippen MR) is 68.7 cm³/mol. The molecule has 114 valence electrons. The smallest absolute Gasteiger partial charge is 0.314 e. The Hall–Kier alpha value is -0.300. The fourth-order valence-electron chi connectivity index (χ4n) is 2.50. The normalized spacial score (nSPS) is 24.5. The highest BCUT2D eigenvalue weighted by molar-refractivity contribution is 7.91. The van der Waals surface area contributed by atoms with Gasteiger partial charge in [0.15, 0.2) is 9.84 Å². The maximum Gasteiger partial charge on any atom is 0.389 e. The molecule has 0 radical (unpaired) electrons. The second-order valence-electron chi connectivity index (χ2n) is 5.23. The van der Waals surface area contributed by atoms with Crippen LogP contribution in [0.3, 0.4) is 0 Å². The van der Waals surface area contributed by atoms with Crippen molar-refractivity contribution in [2.45, 2.75) is 51.2 Å². The first kappa shape index (κ1) is 16.8. The molecular weight excluding hydrogens is 279 g/mol. The van der Waals surface area contributed by atoms with Gasteiger partial charge in [-0.1, -0.05) is 6.92 Å². The van der Waals surface area contributed by atoms with Crippen LogP contribution in [0, 0.1) is 5.92 Å². The van der Waals surface area contributed by atoms with Gasteiger partial charge in [0.2, 0.25) is 0 Å². The average molecular weight is 301 g/mol. The van der Waals surface area contributed by atoms with Crippen LogP contribution in [-0.2, 0) is 9.84 Å². The van der Waals surface area contributed by atoms with Gasteiger partial charge in [-0.15, -0.1) is 0 Å². The van der Waals surface area contributed by atoms with E-state index in [0.717, 1.165) is 6.42 Å². The highest BCUT2D eigenvalue weighted by Crippen LogP contribution is 2.27. The Kier molecular flexibility index (Phi) is 6.11. The van der Waals surface area contributed by atoms with Crippen LogP contribution in [0.15, 0.2) is 0 Å². The van der Waals surface area contributed by atoms with E-state index in [9.17, 15) is 21.6 Å². The molecule has 0 saturated carbocycles. The van der Waals surface area contributed by atoms with Crippen molar-refractivity contribution in [2.75, 3.05) is 18.1 Å². The number of hydrogen-bond donors (Lipinski definition) is 1. The Morgan fingerprint density at radius 2 is 2.05 bits per heavy atom. The van der Waals surface area contributed by atoms with Gasteiger partial charge in [0.25, 0.3) is 0 Å². The van der Waals surface area contributed by atoms with Crippen molar-refractivity contribution in [3.05, 3.63) is 0 Å². The predicted octanol–water partition coefficient (Wildman–Crippen LogP) is 2.52. The summed E-state index contributed by atoms with van der Waals surface area (Å²) in [6.07, 6.45) is -3.03. The fraction of sp³-hybridized carbons (Fsp3) is 1.00. The molecule has 1 aliphatic rings. The van der Waals surface area contributed by atoms with Gasteiger partial charge in [0, 0.05) is 12.5 Å². The first-order valence-corrected chi connectivity index (χ1v) is 8.56. The van der Waals surface area contributed by atoms with Crippen LogP contribution in [-0.4, -0.2) is 38.7 Å². The van der Waals surface area contributed by atoms with Crippen molar-refractivity contribution in [1.29, 1.82) is 0 Å². The summed E-state index contributed by atoms with van der Waals surface area (Å²) < 4.78 is 59.3. The van der Waals surface area contributed by atoms with Crippen molar-refractivity contribution in [2.24, 2.45) is 5.92 Å². The summed E-state index contributed by atoms with van der Waals surface area (Å²) in [6.45, 7) is 2.69. The molecule has 0 spiro atoms. The molecule has 2 atom stereocenters. The van der Waals surface area contributed by atoms with Crippen LogP contribution >= 0.6 is 0 Å². The third-order valence-corrected chi connectivity index (χ3v) is 5.26. The monoisotopic (exact) mass is 301 g/mol. The zero-order valence-electron chi connectivity index (χ0n) is 11.2. The molecular formula is C12H22F3NO2S. The number of hydrogen-bond acceptors (Lipinski definition) is 3. The van der Waals surface area contributed by atoms with Crippen molar-refractivity contribution in [3.63, 3.8) is 0 Å². The van der Waals surface area contributed by atoms with Gasteiger partial charge in [0.1, 0.15) is 0 Å². The molecule has 1 fully saturated rings. The number of nitrogens with one attached hydrogen (secondary N) is 1. The first-order chi connectivity index (χ1) is 8.73. The number of halogens is 3. The minimum Gasteiger partial charge on any atom is -0.314 e. The molecule has 19 heavy (non-hydrogen) atoms. The fourth-order valence-corrected chi connectivity index (χ4v) is 4.38. The molecule has 0 amide bonds. The maximum atomic E-state index is 12.1. The lowest BCUT2D eigenvalue weighted by molar-refractivity contribution is -0.136. The van der Waals surface area contributed by atoms with Crippen molar-refractivity contribution < 1.29 is 21.6 Å². The average Bonchev–Trinajstić information content (AvgIpc) is 2.62. The third kappa shape index (κ3) is 6.61. The number of alkyl halides is 3. The molecule has 0 aromatic heterocycles. The lowest BCUT2D eigenvalue weighted by atomic mass is 9.94. The van der Waals surface area contributed by atoms with Crippen LogP contribution in [0.2, 0.25) is 0 Å². The van der Waals surface area contributed by atoms with Crippen LogP contribution in [0.25, 0.3) is 0 Å². The van der Waals surface area contributed by atoms with Gasteiger partial charge < -0.3 is 5.32 Å². The zero-order valence-corrected chi connectivity index (χ0v) is 12.0. The molecule has 3 nitrogen and oxygen atoms in total. The minimum absolute atomic E-state index is 0.0372. The van der Waals surface area contributed by atoms with E-state index in [0.29, 0.717) is 19.4 Å². The summed E-state index contributed by atoms with van der Waals surface area (Å²) in [5.74, 6) is 0.242. The van der Waals surface area contributed by atoms with E-state index in [4.69, 9.17) is 0 Å².